The van der Waals surface area contributed by atoms with E-state index in [4.69, 9.17) is 0 Å². The van der Waals surface area contributed by atoms with Crippen LogP contribution in [-0.2, 0) is 0 Å². The molecule has 0 aromatic heterocycles. The highest BCUT2D eigenvalue weighted by molar-refractivity contribution is 5.01. The van der Waals surface area contributed by atoms with Gasteiger partial charge in [0, 0.05) is 0 Å². The zero-order valence-electron chi connectivity index (χ0n) is 15.1. The van der Waals surface area contributed by atoms with Crippen LogP contribution in [0.1, 0.15) is 111 Å². The number of hydrogen-bond acceptors (Lipinski definition) is 0. The highest BCUT2D eigenvalue weighted by Gasteiger charge is 2.31. The molecule has 0 N–H and O–H groups in total. The molecule has 0 bridgehead atoms. The molecule has 0 nitrogen and oxygen atoms in total. The fourth-order valence-electron chi connectivity index (χ4n) is 4.74. The van der Waals surface area contributed by atoms with Crippen LogP contribution < -0.4 is 0 Å². The summed E-state index contributed by atoms with van der Waals surface area (Å²) in [6, 6.07) is 0. The van der Waals surface area contributed by atoms with Crippen LogP contribution in [0.5, 0.6) is 0 Å². The molecule has 0 saturated heterocycles. The van der Waals surface area contributed by atoms with Gasteiger partial charge in [0.25, 0.3) is 0 Å². The van der Waals surface area contributed by atoms with Gasteiger partial charge in [0.05, 0.1) is 0 Å². The zero-order chi connectivity index (χ0) is 15.1. The lowest BCUT2D eigenvalue weighted by Crippen LogP contribution is -2.25. The first-order valence-corrected chi connectivity index (χ1v) is 9.91. The second kappa shape index (κ2) is 8.59. The normalized spacial score (nSPS) is 24.0. The van der Waals surface area contributed by atoms with Crippen molar-refractivity contribution < 1.29 is 0 Å². The second-order valence-electron chi connectivity index (χ2n) is 8.79. The van der Waals surface area contributed by atoms with E-state index in [0.29, 0.717) is 5.41 Å². The van der Waals surface area contributed by atoms with Crippen molar-refractivity contribution in [3.8, 4) is 0 Å². The minimum Gasteiger partial charge on any atom is -0.0594 e. The molecular formula is C21H39. The molecule has 0 heteroatoms. The molecule has 2 aliphatic carbocycles. The van der Waals surface area contributed by atoms with Gasteiger partial charge in [-0.1, -0.05) is 97.8 Å². The van der Waals surface area contributed by atoms with Gasteiger partial charge in [-0.3, -0.25) is 0 Å². The van der Waals surface area contributed by atoms with Gasteiger partial charge in [0.15, 0.2) is 0 Å². The summed E-state index contributed by atoms with van der Waals surface area (Å²) < 4.78 is 0. The van der Waals surface area contributed by atoms with Crippen LogP contribution in [0, 0.1) is 23.2 Å². The van der Waals surface area contributed by atoms with Crippen molar-refractivity contribution in [2.75, 3.05) is 0 Å². The van der Waals surface area contributed by atoms with E-state index in [2.05, 4.69) is 20.8 Å². The van der Waals surface area contributed by atoms with Crippen molar-refractivity contribution in [2.24, 2.45) is 17.3 Å². The van der Waals surface area contributed by atoms with Crippen molar-refractivity contribution in [2.45, 2.75) is 111 Å². The van der Waals surface area contributed by atoms with Crippen molar-refractivity contribution in [1.29, 1.82) is 0 Å². The van der Waals surface area contributed by atoms with Crippen molar-refractivity contribution in [3.63, 3.8) is 0 Å². The fraction of sp³-hybridized carbons (Fsp3) is 0.952. The minimum atomic E-state index is 0.474. The second-order valence-corrected chi connectivity index (χ2v) is 8.79. The van der Waals surface area contributed by atoms with Crippen molar-refractivity contribution >= 4 is 0 Å². The Labute approximate surface area is 134 Å². The summed E-state index contributed by atoms with van der Waals surface area (Å²) in [4.78, 5) is 0. The van der Waals surface area contributed by atoms with E-state index >= 15 is 0 Å². The van der Waals surface area contributed by atoms with Gasteiger partial charge in [-0.25, -0.2) is 0 Å². The molecule has 0 amide bonds. The van der Waals surface area contributed by atoms with Crippen LogP contribution in [0.25, 0.3) is 0 Å². The highest BCUT2D eigenvalue weighted by atomic mass is 14.4. The summed E-state index contributed by atoms with van der Waals surface area (Å²) in [7, 11) is 0. The molecule has 2 saturated carbocycles. The predicted molar refractivity (Wildman–Crippen MR) is 94.3 cm³/mol. The quantitative estimate of drug-likeness (QED) is 0.465. The van der Waals surface area contributed by atoms with E-state index in [-0.39, 0.29) is 0 Å². The summed E-state index contributed by atoms with van der Waals surface area (Å²) in [5, 5.41) is 0. The Kier molecular flexibility index (Phi) is 7.10. The Morgan fingerprint density at radius 2 is 1.14 bits per heavy atom. The van der Waals surface area contributed by atoms with E-state index in [1.807, 2.05) is 0 Å². The number of rotatable bonds is 5. The minimum absolute atomic E-state index is 0.474. The Bertz CT molecular complexity index is 262. The maximum Gasteiger partial charge on any atom is -0.0213 e. The molecule has 0 heterocycles. The van der Waals surface area contributed by atoms with Crippen LogP contribution in [0.3, 0.4) is 0 Å². The van der Waals surface area contributed by atoms with Gasteiger partial charge in [0.2, 0.25) is 0 Å². The van der Waals surface area contributed by atoms with Crippen molar-refractivity contribution in [3.05, 3.63) is 5.92 Å². The molecule has 2 fully saturated rings. The monoisotopic (exact) mass is 291 g/mol. The molecule has 0 spiro atoms. The van der Waals surface area contributed by atoms with E-state index in [9.17, 15) is 0 Å². The molecule has 2 aliphatic rings. The predicted octanol–water partition coefficient (Wildman–Crippen LogP) is 7.33. The highest BCUT2D eigenvalue weighted by Crippen LogP contribution is 2.43. The molecule has 1 radical (unpaired) electrons. The average molecular weight is 292 g/mol. The van der Waals surface area contributed by atoms with E-state index in [1.165, 1.54) is 89.9 Å². The number of hydrogen-bond donors (Lipinski definition) is 0. The SMILES string of the molecule is C[C](CC1CCCCCC1)C(C)(C)CC1CCCCCC1. The average Bonchev–Trinajstić information content (AvgIpc) is 2.83. The lowest BCUT2D eigenvalue weighted by molar-refractivity contribution is 0.239. The van der Waals surface area contributed by atoms with Crippen LogP contribution in [0.2, 0.25) is 0 Å². The van der Waals surface area contributed by atoms with Gasteiger partial charge in [-0.05, 0) is 36.0 Å². The first kappa shape index (κ1) is 17.4. The van der Waals surface area contributed by atoms with Crippen LogP contribution in [0.4, 0.5) is 0 Å². The Morgan fingerprint density at radius 3 is 1.62 bits per heavy atom. The Hall–Kier alpha value is 0. The summed E-state index contributed by atoms with van der Waals surface area (Å²) >= 11 is 0. The summed E-state index contributed by atoms with van der Waals surface area (Å²) in [5.41, 5.74) is 0.474. The maximum atomic E-state index is 2.53. The molecule has 2 rings (SSSR count). The maximum absolute atomic E-state index is 2.53. The van der Waals surface area contributed by atoms with Crippen molar-refractivity contribution in [1.82, 2.24) is 0 Å². The fourth-order valence-corrected chi connectivity index (χ4v) is 4.74. The Morgan fingerprint density at radius 1 is 0.714 bits per heavy atom. The zero-order valence-corrected chi connectivity index (χ0v) is 15.1. The van der Waals surface area contributed by atoms with Crippen LogP contribution in [-0.4, -0.2) is 0 Å². The molecule has 21 heavy (non-hydrogen) atoms. The van der Waals surface area contributed by atoms with Crippen LogP contribution >= 0.6 is 0 Å². The van der Waals surface area contributed by atoms with Gasteiger partial charge in [-0.15, -0.1) is 0 Å². The molecule has 123 valence electrons. The lowest BCUT2D eigenvalue weighted by Gasteiger charge is -2.36. The smallest absolute Gasteiger partial charge is 0.0213 e. The Balaban J connectivity index is 1.81. The molecule has 0 aromatic carbocycles. The van der Waals surface area contributed by atoms with E-state index in [1.54, 1.807) is 5.92 Å². The van der Waals surface area contributed by atoms with E-state index in [0.717, 1.165) is 11.8 Å². The summed E-state index contributed by atoms with van der Waals surface area (Å²) in [6.45, 7) is 7.54. The third-order valence-corrected chi connectivity index (χ3v) is 6.50. The molecule has 0 aliphatic heterocycles. The molecule has 0 atom stereocenters. The largest absolute Gasteiger partial charge is 0.0594 e. The third kappa shape index (κ3) is 5.95. The standard InChI is InChI=1S/C21H39/c1-18(16-19-12-8-4-5-9-13-19)21(2,3)17-20-14-10-6-7-11-15-20/h19-20H,4-17H2,1-3H3. The first-order chi connectivity index (χ1) is 10.1. The van der Waals surface area contributed by atoms with Gasteiger partial charge >= 0.3 is 0 Å². The topological polar surface area (TPSA) is 0 Å². The first-order valence-electron chi connectivity index (χ1n) is 9.91. The van der Waals surface area contributed by atoms with E-state index < -0.39 is 0 Å². The molecule has 0 unspecified atom stereocenters. The van der Waals surface area contributed by atoms with Gasteiger partial charge < -0.3 is 0 Å². The summed E-state index contributed by atoms with van der Waals surface area (Å²) in [6.07, 6.45) is 20.8. The molecular weight excluding hydrogens is 252 g/mol. The third-order valence-electron chi connectivity index (χ3n) is 6.50. The van der Waals surface area contributed by atoms with Crippen LogP contribution in [0.15, 0.2) is 0 Å². The van der Waals surface area contributed by atoms with Gasteiger partial charge in [0.1, 0.15) is 0 Å². The lowest BCUT2D eigenvalue weighted by atomic mass is 9.69. The summed E-state index contributed by atoms with van der Waals surface area (Å²) in [5.74, 6) is 3.81. The molecule has 0 aromatic rings. The van der Waals surface area contributed by atoms with Gasteiger partial charge in [-0.2, -0.15) is 0 Å².